The standard InChI is InChI=1S/C10H10.C9H7.2C4H9.Pt/c1-8-6-9-4-2-3-5-10(9)7-8;1-2-5-9-7-3-6-8(9)4-1;2*1-3-4-2;/h2-6H,7H2,1H3;1-2,4-6H,7H2;2*1,3-4H2,2H3;/q;3*-1;. The summed E-state index contributed by atoms with van der Waals surface area (Å²) in [4.78, 5) is 0. The zero-order valence-corrected chi connectivity index (χ0v) is 20.0. The first-order valence-electron chi connectivity index (χ1n) is 10.1. The van der Waals surface area contributed by atoms with Crippen molar-refractivity contribution in [1.82, 2.24) is 0 Å². The van der Waals surface area contributed by atoms with Crippen LogP contribution in [0.4, 0.5) is 0 Å². The molecule has 156 valence electrons. The molecule has 1 heteroatoms. The zero-order chi connectivity index (χ0) is 19.9. The minimum atomic E-state index is 0. The second-order valence-electron chi connectivity index (χ2n) is 6.80. The summed E-state index contributed by atoms with van der Waals surface area (Å²) in [5.74, 6) is 0. The van der Waals surface area contributed by atoms with E-state index in [1.807, 2.05) is 0 Å². The van der Waals surface area contributed by atoms with Crippen LogP contribution in [0, 0.1) is 19.9 Å². The summed E-state index contributed by atoms with van der Waals surface area (Å²) in [6.45, 7) is 13.6. The summed E-state index contributed by atoms with van der Waals surface area (Å²) in [6.07, 6.45) is 14.2. The molecule has 2 aliphatic carbocycles. The van der Waals surface area contributed by atoms with Gasteiger partial charge < -0.3 is 13.8 Å². The average Bonchev–Trinajstić information content (AvgIpc) is 3.34. The molecule has 0 spiro atoms. The molecule has 0 heterocycles. The normalized spacial score (nSPS) is 11.8. The Labute approximate surface area is 188 Å². The molecule has 4 rings (SSSR count). The van der Waals surface area contributed by atoms with Gasteiger partial charge in [-0.2, -0.15) is 18.4 Å². The van der Waals surface area contributed by atoms with Crippen LogP contribution in [0.3, 0.4) is 0 Å². The summed E-state index contributed by atoms with van der Waals surface area (Å²) in [6, 6.07) is 17.0. The summed E-state index contributed by atoms with van der Waals surface area (Å²) in [5, 5.41) is 0. The third-order valence-corrected chi connectivity index (χ3v) is 4.24. The molecule has 0 aromatic heterocycles. The van der Waals surface area contributed by atoms with Gasteiger partial charge in [0.25, 0.3) is 0 Å². The topological polar surface area (TPSA) is 0 Å². The second kappa shape index (κ2) is 16.6. The molecular formula is C27H35Pt-3. The number of hydrogen-bond acceptors (Lipinski definition) is 0. The van der Waals surface area contributed by atoms with Crippen LogP contribution in [0.2, 0.25) is 0 Å². The number of rotatable bonds is 2. The maximum absolute atomic E-state index is 3.60. The smallest absolute Gasteiger partial charge is 0 e. The molecule has 2 aliphatic rings. The van der Waals surface area contributed by atoms with Crippen molar-refractivity contribution in [1.29, 1.82) is 0 Å². The number of benzene rings is 2. The first kappa shape index (κ1) is 26.6. The molecule has 28 heavy (non-hydrogen) atoms. The predicted octanol–water partition coefficient (Wildman–Crippen LogP) is 7.94. The fraction of sp³-hybridized carbons (Fsp3) is 0.333. The summed E-state index contributed by atoms with van der Waals surface area (Å²) < 4.78 is 0. The van der Waals surface area contributed by atoms with Gasteiger partial charge in [0.05, 0.1) is 0 Å². The molecule has 0 saturated carbocycles. The van der Waals surface area contributed by atoms with Crippen molar-refractivity contribution >= 4 is 12.2 Å². The van der Waals surface area contributed by atoms with E-state index in [0.717, 1.165) is 25.7 Å². The first-order chi connectivity index (χ1) is 13.2. The minimum absolute atomic E-state index is 0. The maximum Gasteiger partial charge on any atom is 0 e. The summed E-state index contributed by atoms with van der Waals surface area (Å²) in [7, 11) is 0. The van der Waals surface area contributed by atoms with Crippen LogP contribution in [0.25, 0.3) is 12.2 Å². The van der Waals surface area contributed by atoms with E-state index in [1.165, 1.54) is 40.7 Å². The Kier molecular flexibility index (Phi) is 15.7. The molecule has 2 aromatic rings. The van der Waals surface area contributed by atoms with Crippen LogP contribution in [0.5, 0.6) is 0 Å². The van der Waals surface area contributed by atoms with Crippen molar-refractivity contribution in [2.45, 2.75) is 59.3 Å². The van der Waals surface area contributed by atoms with Gasteiger partial charge in [-0.15, -0.1) is 18.1 Å². The first-order valence-corrected chi connectivity index (χ1v) is 10.1. The Morgan fingerprint density at radius 3 is 1.82 bits per heavy atom. The van der Waals surface area contributed by atoms with Crippen molar-refractivity contribution in [3.63, 3.8) is 0 Å². The fourth-order valence-electron chi connectivity index (χ4n) is 2.56. The predicted molar refractivity (Wildman–Crippen MR) is 122 cm³/mol. The van der Waals surface area contributed by atoms with E-state index in [9.17, 15) is 0 Å². The molecule has 0 amide bonds. The molecule has 0 unspecified atom stereocenters. The number of allylic oxidation sites excluding steroid dienone is 2. The summed E-state index contributed by atoms with van der Waals surface area (Å²) >= 11 is 0. The minimum Gasteiger partial charge on any atom is -0.343 e. The second-order valence-corrected chi connectivity index (χ2v) is 6.80. The van der Waals surface area contributed by atoms with Gasteiger partial charge in [-0.25, -0.2) is 6.08 Å². The van der Waals surface area contributed by atoms with E-state index in [1.54, 1.807) is 0 Å². The zero-order valence-electron chi connectivity index (χ0n) is 17.7. The van der Waals surface area contributed by atoms with Crippen molar-refractivity contribution in [2.24, 2.45) is 0 Å². The van der Waals surface area contributed by atoms with Gasteiger partial charge in [0.2, 0.25) is 0 Å². The van der Waals surface area contributed by atoms with E-state index in [-0.39, 0.29) is 21.1 Å². The monoisotopic (exact) mass is 554 g/mol. The van der Waals surface area contributed by atoms with Crippen LogP contribution < -0.4 is 0 Å². The fourth-order valence-corrected chi connectivity index (χ4v) is 2.56. The average molecular weight is 555 g/mol. The quantitative estimate of drug-likeness (QED) is 0.331. The van der Waals surface area contributed by atoms with Crippen molar-refractivity contribution in [3.05, 3.63) is 96.3 Å². The van der Waals surface area contributed by atoms with Crippen molar-refractivity contribution in [2.75, 3.05) is 0 Å². The SMILES string of the molecule is CC1=Cc2ccccc2C1.[C-]1=Cc2ccccc2C1.[CH2-]CCC.[CH2-]CCC.[Pt]. The Morgan fingerprint density at radius 1 is 0.821 bits per heavy atom. The molecule has 0 atom stereocenters. The maximum atomic E-state index is 3.60. The molecule has 2 aromatic carbocycles. The van der Waals surface area contributed by atoms with Crippen molar-refractivity contribution in [3.8, 4) is 0 Å². The molecular weight excluding hydrogens is 519 g/mol. The number of fused-ring (bicyclic) bond motifs is 2. The van der Waals surface area contributed by atoms with E-state index >= 15 is 0 Å². The van der Waals surface area contributed by atoms with E-state index < -0.39 is 0 Å². The third-order valence-electron chi connectivity index (χ3n) is 4.24. The van der Waals surface area contributed by atoms with Crippen LogP contribution in [0.15, 0.2) is 54.1 Å². The Hall–Kier alpha value is -1.39. The van der Waals surface area contributed by atoms with Crippen LogP contribution in [0.1, 0.15) is 68.7 Å². The molecule has 0 bridgehead atoms. The molecule has 0 saturated heterocycles. The van der Waals surface area contributed by atoms with Gasteiger partial charge in [-0.1, -0.05) is 80.8 Å². The van der Waals surface area contributed by atoms with E-state index in [2.05, 4.69) is 101 Å². The molecule has 0 aliphatic heterocycles. The molecule has 0 nitrogen and oxygen atoms in total. The number of unbranched alkanes of at least 4 members (excludes halogenated alkanes) is 2. The van der Waals surface area contributed by atoms with Crippen LogP contribution >= 0.6 is 0 Å². The number of hydrogen-bond donors (Lipinski definition) is 0. The largest absolute Gasteiger partial charge is 0.343 e. The molecule has 0 N–H and O–H groups in total. The van der Waals surface area contributed by atoms with Gasteiger partial charge in [0.15, 0.2) is 0 Å². The molecule has 0 fully saturated rings. The van der Waals surface area contributed by atoms with Crippen LogP contribution in [-0.2, 0) is 33.9 Å². The van der Waals surface area contributed by atoms with Gasteiger partial charge in [-0.05, 0) is 24.5 Å². The van der Waals surface area contributed by atoms with Crippen molar-refractivity contribution < 1.29 is 21.1 Å². The Balaban J connectivity index is 0.000000375. The Morgan fingerprint density at radius 2 is 1.32 bits per heavy atom. The van der Waals surface area contributed by atoms with E-state index in [4.69, 9.17) is 0 Å². The third kappa shape index (κ3) is 10.2. The van der Waals surface area contributed by atoms with Crippen LogP contribution in [-0.4, -0.2) is 0 Å². The van der Waals surface area contributed by atoms with Gasteiger partial charge in [0, 0.05) is 21.1 Å². The van der Waals surface area contributed by atoms with Gasteiger partial charge in [0.1, 0.15) is 0 Å². The van der Waals surface area contributed by atoms with E-state index in [0.29, 0.717) is 0 Å². The van der Waals surface area contributed by atoms with Gasteiger partial charge in [-0.3, -0.25) is 6.08 Å². The summed E-state index contributed by atoms with van der Waals surface area (Å²) in [5.41, 5.74) is 7.08. The van der Waals surface area contributed by atoms with Gasteiger partial charge >= 0.3 is 0 Å². The molecule has 0 radical (unpaired) electrons. The Bertz CT molecular complexity index is 702.